The van der Waals surface area contributed by atoms with Gasteiger partial charge in [-0.25, -0.2) is 4.98 Å². The molecule has 134 valence electrons. The van der Waals surface area contributed by atoms with Gasteiger partial charge < -0.3 is 9.88 Å². The molecule has 4 aromatic rings. The number of amides is 1. The maximum absolute atomic E-state index is 12.6. The molecule has 0 saturated heterocycles. The molecule has 4 rings (SSSR count). The molecule has 3 aromatic carbocycles. The van der Waals surface area contributed by atoms with Crippen LogP contribution in [0.1, 0.15) is 5.56 Å². The Morgan fingerprint density at radius 2 is 1.74 bits per heavy atom. The molecule has 1 N–H and O–H groups in total. The molecule has 1 heterocycles. The standard InChI is InChI=1S/C22H18BrN3O/c23-18-10-6-9-17(13-18)22-25-19-11-4-5-12-20(19)26(22)15-21(27)24-14-16-7-2-1-3-8-16/h1-13H,14-15H2,(H,24,27). The highest BCUT2D eigenvalue weighted by Crippen LogP contribution is 2.26. The van der Waals surface area contributed by atoms with Crippen molar-refractivity contribution in [1.29, 1.82) is 0 Å². The third kappa shape index (κ3) is 3.93. The van der Waals surface area contributed by atoms with Gasteiger partial charge in [-0.2, -0.15) is 0 Å². The van der Waals surface area contributed by atoms with Crippen molar-refractivity contribution in [1.82, 2.24) is 14.9 Å². The molecular weight excluding hydrogens is 402 g/mol. The van der Waals surface area contributed by atoms with Gasteiger partial charge in [-0.05, 0) is 29.8 Å². The molecule has 0 bridgehead atoms. The number of hydrogen-bond donors (Lipinski definition) is 1. The van der Waals surface area contributed by atoms with Gasteiger partial charge in [-0.1, -0.05) is 70.5 Å². The highest BCUT2D eigenvalue weighted by molar-refractivity contribution is 9.10. The fourth-order valence-electron chi connectivity index (χ4n) is 3.08. The molecule has 0 spiro atoms. The van der Waals surface area contributed by atoms with Gasteiger partial charge in [0.1, 0.15) is 12.4 Å². The van der Waals surface area contributed by atoms with E-state index in [1.54, 1.807) is 0 Å². The van der Waals surface area contributed by atoms with Crippen LogP contribution in [-0.4, -0.2) is 15.5 Å². The van der Waals surface area contributed by atoms with Crippen LogP contribution in [0.5, 0.6) is 0 Å². The summed E-state index contributed by atoms with van der Waals surface area (Å²) >= 11 is 3.51. The minimum Gasteiger partial charge on any atom is -0.350 e. The maximum Gasteiger partial charge on any atom is 0.240 e. The lowest BCUT2D eigenvalue weighted by Crippen LogP contribution is -2.27. The fourth-order valence-corrected chi connectivity index (χ4v) is 3.48. The van der Waals surface area contributed by atoms with Gasteiger partial charge in [-0.15, -0.1) is 0 Å². The quantitative estimate of drug-likeness (QED) is 0.505. The van der Waals surface area contributed by atoms with Crippen LogP contribution in [0.25, 0.3) is 22.4 Å². The minimum absolute atomic E-state index is 0.0433. The summed E-state index contributed by atoms with van der Waals surface area (Å²) in [5.74, 6) is 0.741. The van der Waals surface area contributed by atoms with Crippen LogP contribution in [0.2, 0.25) is 0 Å². The van der Waals surface area contributed by atoms with Crippen molar-refractivity contribution >= 4 is 32.9 Å². The van der Waals surface area contributed by atoms with Crippen molar-refractivity contribution in [2.75, 3.05) is 0 Å². The molecule has 0 saturated carbocycles. The number of carbonyl (C=O) groups excluding carboxylic acids is 1. The first kappa shape index (κ1) is 17.5. The zero-order chi connectivity index (χ0) is 18.6. The van der Waals surface area contributed by atoms with Crippen molar-refractivity contribution in [3.05, 3.63) is 88.9 Å². The van der Waals surface area contributed by atoms with Crippen LogP contribution in [-0.2, 0) is 17.9 Å². The lowest BCUT2D eigenvalue weighted by Gasteiger charge is -2.10. The molecule has 1 amide bonds. The zero-order valence-electron chi connectivity index (χ0n) is 14.6. The van der Waals surface area contributed by atoms with Crippen LogP contribution >= 0.6 is 15.9 Å². The summed E-state index contributed by atoms with van der Waals surface area (Å²) in [4.78, 5) is 17.4. The molecule has 0 radical (unpaired) electrons. The van der Waals surface area contributed by atoms with E-state index in [1.807, 2.05) is 83.4 Å². The first-order valence-corrected chi connectivity index (χ1v) is 9.52. The Labute approximate surface area is 166 Å². The number of nitrogens with one attached hydrogen (secondary N) is 1. The molecule has 0 atom stereocenters. The van der Waals surface area contributed by atoms with Crippen LogP contribution < -0.4 is 5.32 Å². The van der Waals surface area contributed by atoms with E-state index in [0.29, 0.717) is 6.54 Å². The number of fused-ring (bicyclic) bond motifs is 1. The molecule has 0 fully saturated rings. The van der Waals surface area contributed by atoms with E-state index in [4.69, 9.17) is 4.98 Å². The largest absolute Gasteiger partial charge is 0.350 e. The number of halogens is 1. The lowest BCUT2D eigenvalue weighted by atomic mass is 10.2. The lowest BCUT2D eigenvalue weighted by molar-refractivity contribution is -0.121. The van der Waals surface area contributed by atoms with Crippen molar-refractivity contribution in [2.24, 2.45) is 0 Å². The van der Waals surface area contributed by atoms with Crippen LogP contribution in [0.3, 0.4) is 0 Å². The number of imidazole rings is 1. The van der Waals surface area contributed by atoms with Crippen molar-refractivity contribution in [2.45, 2.75) is 13.1 Å². The van der Waals surface area contributed by atoms with E-state index >= 15 is 0 Å². The van der Waals surface area contributed by atoms with E-state index in [1.165, 1.54) is 0 Å². The summed E-state index contributed by atoms with van der Waals surface area (Å²) < 4.78 is 2.95. The number of rotatable bonds is 5. The summed E-state index contributed by atoms with van der Waals surface area (Å²) in [6.45, 7) is 0.730. The van der Waals surface area contributed by atoms with Crippen molar-refractivity contribution in [3.8, 4) is 11.4 Å². The van der Waals surface area contributed by atoms with E-state index < -0.39 is 0 Å². The smallest absolute Gasteiger partial charge is 0.240 e. The average Bonchev–Trinajstić information content (AvgIpc) is 3.06. The van der Waals surface area contributed by atoms with Gasteiger partial charge in [0.2, 0.25) is 5.91 Å². The Morgan fingerprint density at radius 1 is 0.963 bits per heavy atom. The van der Waals surface area contributed by atoms with Gasteiger partial charge >= 0.3 is 0 Å². The summed E-state index contributed by atoms with van der Waals surface area (Å²) in [7, 11) is 0. The number of benzene rings is 3. The molecule has 0 aliphatic carbocycles. The number of aromatic nitrogens is 2. The number of hydrogen-bond acceptors (Lipinski definition) is 2. The monoisotopic (exact) mass is 419 g/mol. The predicted octanol–water partition coefficient (Wildman–Crippen LogP) is 4.78. The van der Waals surface area contributed by atoms with Gasteiger partial charge in [0.15, 0.2) is 0 Å². The van der Waals surface area contributed by atoms with Gasteiger partial charge in [-0.3, -0.25) is 4.79 Å². The Bertz CT molecular complexity index is 1090. The second kappa shape index (κ2) is 7.76. The third-order valence-corrected chi connectivity index (χ3v) is 4.86. The molecule has 27 heavy (non-hydrogen) atoms. The zero-order valence-corrected chi connectivity index (χ0v) is 16.2. The topological polar surface area (TPSA) is 46.9 Å². The van der Waals surface area contributed by atoms with Gasteiger partial charge in [0.05, 0.1) is 11.0 Å². The molecule has 5 heteroatoms. The Kier molecular flexibility index (Phi) is 5.03. The van der Waals surface area contributed by atoms with Crippen molar-refractivity contribution < 1.29 is 4.79 Å². The Hall–Kier alpha value is -2.92. The van der Waals surface area contributed by atoms with Crippen LogP contribution in [0.15, 0.2) is 83.3 Å². The summed E-state index contributed by atoms with van der Waals surface area (Å²) in [5.41, 5.74) is 3.87. The van der Waals surface area contributed by atoms with E-state index in [2.05, 4.69) is 21.2 Å². The molecule has 4 nitrogen and oxygen atoms in total. The van der Waals surface area contributed by atoms with E-state index in [-0.39, 0.29) is 12.5 Å². The Balaban J connectivity index is 1.63. The third-order valence-electron chi connectivity index (χ3n) is 4.37. The minimum atomic E-state index is -0.0433. The van der Waals surface area contributed by atoms with Crippen LogP contribution in [0.4, 0.5) is 0 Å². The second-order valence-electron chi connectivity index (χ2n) is 6.28. The van der Waals surface area contributed by atoms with E-state index in [9.17, 15) is 4.79 Å². The molecule has 0 aliphatic rings. The fraction of sp³-hybridized carbons (Fsp3) is 0.0909. The highest BCUT2D eigenvalue weighted by atomic mass is 79.9. The normalized spacial score (nSPS) is 10.9. The summed E-state index contributed by atoms with van der Waals surface area (Å²) in [6.07, 6.45) is 0. The van der Waals surface area contributed by atoms with Gasteiger partial charge in [0, 0.05) is 16.6 Å². The highest BCUT2D eigenvalue weighted by Gasteiger charge is 2.15. The maximum atomic E-state index is 12.6. The Morgan fingerprint density at radius 3 is 2.56 bits per heavy atom. The molecular formula is C22H18BrN3O. The number of para-hydroxylation sites is 2. The second-order valence-corrected chi connectivity index (χ2v) is 7.20. The molecule has 1 aromatic heterocycles. The summed E-state index contributed by atoms with van der Waals surface area (Å²) in [5, 5.41) is 3.00. The van der Waals surface area contributed by atoms with E-state index in [0.717, 1.165) is 32.5 Å². The molecule has 0 unspecified atom stereocenters. The predicted molar refractivity (Wildman–Crippen MR) is 111 cm³/mol. The first-order valence-electron chi connectivity index (χ1n) is 8.72. The number of nitrogens with zero attached hydrogens (tertiary/aromatic N) is 2. The first-order chi connectivity index (χ1) is 13.2. The van der Waals surface area contributed by atoms with Gasteiger partial charge in [0.25, 0.3) is 0 Å². The molecule has 0 aliphatic heterocycles. The number of carbonyl (C=O) groups is 1. The van der Waals surface area contributed by atoms with Crippen molar-refractivity contribution in [3.63, 3.8) is 0 Å². The van der Waals surface area contributed by atoms with Crippen LogP contribution in [0, 0.1) is 0 Å². The SMILES string of the molecule is O=C(Cn1c(-c2cccc(Br)c2)nc2ccccc21)NCc1ccccc1. The average molecular weight is 420 g/mol. The summed E-state index contributed by atoms with van der Waals surface area (Å²) in [6, 6.07) is 25.8.